The van der Waals surface area contributed by atoms with Gasteiger partial charge >= 0.3 is 12.1 Å². The van der Waals surface area contributed by atoms with Crippen LogP contribution in [0.3, 0.4) is 0 Å². The molecule has 0 spiro atoms. The molecular formula is C19H18Cl2F3N3O4. The maximum atomic E-state index is 13.1. The number of esters is 1. The summed E-state index contributed by atoms with van der Waals surface area (Å²) >= 11 is 12.4. The highest BCUT2D eigenvalue weighted by Crippen LogP contribution is 2.44. The third-order valence-electron chi connectivity index (χ3n) is 5.93. The molecule has 3 saturated heterocycles. The molecule has 0 radical (unpaired) electrons. The molecule has 1 aromatic rings. The monoisotopic (exact) mass is 479 g/mol. The molecule has 2 amide bonds. The SMILES string of the molecule is O=C1C2CC(c3c(OC(=O)C(F)(F)F)ccc(Cl)c3Cl)CCN2C(=O)CN1C1CNC1. The largest absolute Gasteiger partial charge is 0.491 e. The van der Waals surface area contributed by atoms with Gasteiger partial charge < -0.3 is 19.9 Å². The highest BCUT2D eigenvalue weighted by molar-refractivity contribution is 6.42. The van der Waals surface area contributed by atoms with Crippen LogP contribution in [0.25, 0.3) is 0 Å². The van der Waals surface area contributed by atoms with Crippen molar-refractivity contribution in [3.8, 4) is 5.75 Å². The number of piperidine rings is 1. The summed E-state index contributed by atoms with van der Waals surface area (Å²) in [7, 11) is 0. The Morgan fingerprint density at radius 3 is 2.48 bits per heavy atom. The van der Waals surface area contributed by atoms with E-state index in [1.165, 1.54) is 11.0 Å². The van der Waals surface area contributed by atoms with Gasteiger partial charge in [0.2, 0.25) is 11.8 Å². The van der Waals surface area contributed by atoms with E-state index in [0.29, 0.717) is 19.5 Å². The summed E-state index contributed by atoms with van der Waals surface area (Å²) in [6.45, 7) is 1.45. The van der Waals surface area contributed by atoms with Gasteiger partial charge in [0.05, 0.1) is 16.1 Å². The first-order valence-electron chi connectivity index (χ1n) is 9.65. The number of nitrogens with one attached hydrogen (secondary N) is 1. The van der Waals surface area contributed by atoms with Crippen LogP contribution in [-0.2, 0) is 14.4 Å². The number of rotatable bonds is 3. The molecule has 3 heterocycles. The summed E-state index contributed by atoms with van der Waals surface area (Å²) in [5.74, 6) is -3.64. The predicted molar refractivity (Wildman–Crippen MR) is 104 cm³/mol. The van der Waals surface area contributed by atoms with E-state index in [2.05, 4.69) is 10.1 Å². The molecular weight excluding hydrogens is 462 g/mol. The summed E-state index contributed by atoms with van der Waals surface area (Å²) in [6, 6.07) is 1.57. The zero-order chi connectivity index (χ0) is 22.5. The van der Waals surface area contributed by atoms with E-state index in [0.717, 1.165) is 6.07 Å². The Morgan fingerprint density at radius 2 is 1.87 bits per heavy atom. The first-order chi connectivity index (χ1) is 14.6. The van der Waals surface area contributed by atoms with Gasteiger partial charge in [0.25, 0.3) is 0 Å². The maximum absolute atomic E-state index is 13.1. The lowest BCUT2D eigenvalue weighted by atomic mass is 9.83. The molecule has 0 aliphatic carbocycles. The number of carbonyl (C=O) groups excluding carboxylic acids is 3. The standard InChI is InChI=1S/C19H18Cl2F3N3O4/c20-11-1-2-13(31-18(30)19(22,23)24)15(16(11)21)9-3-4-26-12(5-9)17(29)27(8-14(26)28)10-6-25-7-10/h1-2,9-10,12,25H,3-8H2. The zero-order valence-electron chi connectivity index (χ0n) is 16.0. The van der Waals surface area contributed by atoms with Crippen LogP contribution in [0.1, 0.15) is 24.3 Å². The molecule has 1 aromatic carbocycles. The first-order valence-corrected chi connectivity index (χ1v) is 10.4. The van der Waals surface area contributed by atoms with Crippen molar-refractivity contribution >= 4 is 41.0 Å². The van der Waals surface area contributed by atoms with Crippen molar-refractivity contribution in [3.05, 3.63) is 27.7 Å². The Hall–Kier alpha value is -2.04. The molecule has 7 nitrogen and oxygen atoms in total. The minimum atomic E-state index is -5.18. The van der Waals surface area contributed by atoms with Crippen LogP contribution in [0.5, 0.6) is 5.75 Å². The van der Waals surface area contributed by atoms with Crippen LogP contribution >= 0.6 is 23.2 Å². The lowest BCUT2D eigenvalue weighted by Crippen LogP contribution is -2.69. The van der Waals surface area contributed by atoms with Gasteiger partial charge in [-0.05, 0) is 30.9 Å². The number of nitrogens with zero attached hydrogens (tertiary/aromatic N) is 2. The number of hydrogen-bond acceptors (Lipinski definition) is 5. The zero-order valence-corrected chi connectivity index (χ0v) is 17.6. The third-order valence-corrected chi connectivity index (χ3v) is 6.75. The summed E-state index contributed by atoms with van der Waals surface area (Å²) in [6.07, 6.45) is -4.72. The van der Waals surface area contributed by atoms with Crippen molar-refractivity contribution in [2.24, 2.45) is 0 Å². The van der Waals surface area contributed by atoms with Gasteiger partial charge in [-0.25, -0.2) is 4.79 Å². The van der Waals surface area contributed by atoms with Crippen LogP contribution in [0.4, 0.5) is 13.2 Å². The van der Waals surface area contributed by atoms with Crippen molar-refractivity contribution in [2.75, 3.05) is 26.2 Å². The molecule has 0 bridgehead atoms. The number of fused-ring (bicyclic) bond motifs is 1. The number of piperazine rings is 1. The van der Waals surface area contributed by atoms with Crippen LogP contribution < -0.4 is 10.1 Å². The van der Waals surface area contributed by atoms with Crippen molar-refractivity contribution in [1.29, 1.82) is 0 Å². The molecule has 3 aliphatic heterocycles. The maximum Gasteiger partial charge on any atom is 0.491 e. The van der Waals surface area contributed by atoms with Gasteiger partial charge in [0.1, 0.15) is 18.3 Å². The minimum absolute atomic E-state index is 0.0126. The average molecular weight is 480 g/mol. The van der Waals surface area contributed by atoms with Gasteiger partial charge in [-0.1, -0.05) is 23.2 Å². The third kappa shape index (κ3) is 4.08. The highest BCUT2D eigenvalue weighted by Gasteiger charge is 2.47. The van der Waals surface area contributed by atoms with Crippen molar-refractivity contribution in [3.63, 3.8) is 0 Å². The first kappa shape index (κ1) is 22.2. The minimum Gasteiger partial charge on any atom is -0.420 e. The number of ether oxygens (including phenoxy) is 1. The molecule has 4 rings (SSSR count). The smallest absolute Gasteiger partial charge is 0.420 e. The number of carbonyl (C=O) groups is 3. The molecule has 2 unspecified atom stereocenters. The molecule has 0 saturated carbocycles. The van der Waals surface area contributed by atoms with E-state index < -0.39 is 24.1 Å². The summed E-state index contributed by atoms with van der Waals surface area (Å²) in [5.41, 5.74) is 0.133. The molecule has 168 valence electrons. The fraction of sp³-hybridized carbons (Fsp3) is 0.526. The van der Waals surface area contributed by atoms with Crippen LogP contribution in [0.15, 0.2) is 12.1 Å². The van der Waals surface area contributed by atoms with E-state index in [-0.39, 0.29) is 58.7 Å². The van der Waals surface area contributed by atoms with Gasteiger partial charge in [0, 0.05) is 25.2 Å². The van der Waals surface area contributed by atoms with Gasteiger partial charge in [0.15, 0.2) is 0 Å². The number of benzene rings is 1. The Morgan fingerprint density at radius 1 is 1.16 bits per heavy atom. The molecule has 0 aromatic heterocycles. The van der Waals surface area contributed by atoms with Crippen LogP contribution in [0.2, 0.25) is 10.0 Å². The van der Waals surface area contributed by atoms with Crippen LogP contribution in [-0.4, -0.2) is 72.0 Å². The molecule has 12 heteroatoms. The molecule has 1 N–H and O–H groups in total. The fourth-order valence-corrected chi connectivity index (χ4v) is 4.72. The quantitative estimate of drug-likeness (QED) is 0.531. The molecule has 31 heavy (non-hydrogen) atoms. The Bertz CT molecular complexity index is 939. The molecule has 3 aliphatic rings. The number of hydrogen-bond donors (Lipinski definition) is 1. The van der Waals surface area contributed by atoms with Crippen molar-refractivity contribution in [1.82, 2.24) is 15.1 Å². The second-order valence-corrected chi connectivity index (χ2v) is 8.55. The van der Waals surface area contributed by atoms with Crippen LogP contribution in [0, 0.1) is 0 Å². The lowest BCUT2D eigenvalue weighted by molar-refractivity contribution is -0.189. The van der Waals surface area contributed by atoms with E-state index in [4.69, 9.17) is 23.2 Å². The predicted octanol–water partition coefficient (Wildman–Crippen LogP) is 2.35. The van der Waals surface area contributed by atoms with E-state index in [1.54, 1.807) is 4.90 Å². The van der Waals surface area contributed by atoms with E-state index >= 15 is 0 Å². The highest BCUT2D eigenvalue weighted by atomic mass is 35.5. The van der Waals surface area contributed by atoms with Crippen molar-refractivity contribution < 1.29 is 32.3 Å². The number of halogens is 5. The Labute approximate surface area is 185 Å². The van der Waals surface area contributed by atoms with E-state index in [1.807, 2.05) is 0 Å². The summed E-state index contributed by atoms with van der Waals surface area (Å²) in [5, 5.41) is 3.10. The van der Waals surface area contributed by atoms with Gasteiger partial charge in [-0.15, -0.1) is 0 Å². The van der Waals surface area contributed by atoms with Crippen molar-refractivity contribution in [2.45, 2.75) is 37.0 Å². The Kier molecular flexibility index (Phi) is 5.82. The lowest BCUT2D eigenvalue weighted by Gasteiger charge is -2.49. The number of alkyl halides is 3. The topological polar surface area (TPSA) is 79.0 Å². The average Bonchev–Trinajstić information content (AvgIpc) is 2.66. The summed E-state index contributed by atoms with van der Waals surface area (Å²) in [4.78, 5) is 40.1. The van der Waals surface area contributed by atoms with Gasteiger partial charge in [-0.3, -0.25) is 9.59 Å². The second kappa shape index (κ2) is 8.14. The molecule has 3 fully saturated rings. The van der Waals surface area contributed by atoms with E-state index in [9.17, 15) is 27.6 Å². The summed E-state index contributed by atoms with van der Waals surface area (Å²) < 4.78 is 42.8. The Balaban J connectivity index is 1.63. The molecule has 2 atom stereocenters. The fourth-order valence-electron chi connectivity index (χ4n) is 4.24. The second-order valence-electron chi connectivity index (χ2n) is 7.76. The normalized spacial score (nSPS) is 24.7. The van der Waals surface area contributed by atoms with Gasteiger partial charge in [-0.2, -0.15) is 13.2 Å². The number of amides is 2.